The number of carbonyl (C=O) groups is 3. The molecule has 0 spiro atoms. The largest absolute Gasteiger partial charge is 0.493 e. The van der Waals surface area contributed by atoms with E-state index < -0.39 is 5.91 Å². The van der Waals surface area contributed by atoms with Crippen molar-refractivity contribution in [3.8, 4) is 17.2 Å². The average Bonchev–Trinajstić information content (AvgIpc) is 3.25. The predicted octanol–water partition coefficient (Wildman–Crippen LogP) is 1.27. The van der Waals surface area contributed by atoms with Gasteiger partial charge in [-0.25, -0.2) is 0 Å². The third kappa shape index (κ3) is 5.92. The Labute approximate surface area is 191 Å². The summed E-state index contributed by atoms with van der Waals surface area (Å²) in [5, 5.41) is 2.85. The maximum Gasteiger partial charge on any atom is 0.255 e. The quantitative estimate of drug-likeness (QED) is 0.488. The number of hydrogen-bond donors (Lipinski definition) is 3. The number of primary amides is 2. The summed E-state index contributed by atoms with van der Waals surface area (Å²) in [4.78, 5) is 37.7. The average molecular weight is 456 g/mol. The molecule has 5 N–H and O–H groups in total. The molecular formula is C23H28N4O6. The van der Waals surface area contributed by atoms with E-state index in [1.165, 1.54) is 26.4 Å². The van der Waals surface area contributed by atoms with E-state index in [0.29, 0.717) is 12.2 Å². The minimum atomic E-state index is -0.656. The van der Waals surface area contributed by atoms with Gasteiger partial charge in [0.15, 0.2) is 18.1 Å². The fourth-order valence-corrected chi connectivity index (χ4v) is 3.82. The highest BCUT2D eigenvalue weighted by Crippen LogP contribution is 2.38. The van der Waals surface area contributed by atoms with Crippen LogP contribution in [-0.2, 0) is 16.1 Å². The molecule has 10 nitrogen and oxygen atoms in total. The van der Waals surface area contributed by atoms with Crippen molar-refractivity contribution < 1.29 is 28.6 Å². The summed E-state index contributed by atoms with van der Waals surface area (Å²) in [5.74, 6) is -0.740. The van der Waals surface area contributed by atoms with Gasteiger partial charge in [0.25, 0.3) is 11.8 Å². The van der Waals surface area contributed by atoms with Crippen molar-refractivity contribution >= 4 is 23.4 Å². The molecule has 3 amide bonds. The van der Waals surface area contributed by atoms with Gasteiger partial charge in [0.05, 0.1) is 20.3 Å². The lowest BCUT2D eigenvalue weighted by molar-refractivity contribution is -0.122. The first-order valence-electron chi connectivity index (χ1n) is 10.4. The second-order valence-electron chi connectivity index (χ2n) is 7.65. The number of rotatable bonds is 10. The van der Waals surface area contributed by atoms with Gasteiger partial charge in [0.2, 0.25) is 11.7 Å². The van der Waals surface area contributed by atoms with Crippen LogP contribution in [0, 0.1) is 0 Å². The molecule has 1 heterocycles. The third-order valence-corrected chi connectivity index (χ3v) is 5.34. The molecule has 10 heteroatoms. The van der Waals surface area contributed by atoms with Crippen LogP contribution in [0.1, 0.15) is 28.8 Å². The number of nitrogens with zero attached hydrogens (tertiary/aromatic N) is 1. The van der Waals surface area contributed by atoms with Gasteiger partial charge in [-0.15, -0.1) is 0 Å². The molecule has 1 atom stereocenters. The lowest BCUT2D eigenvalue weighted by Gasteiger charge is -2.22. The van der Waals surface area contributed by atoms with E-state index in [9.17, 15) is 14.4 Å². The molecule has 0 aromatic heterocycles. The molecule has 1 fully saturated rings. The number of methoxy groups -OCH3 is 2. The van der Waals surface area contributed by atoms with Gasteiger partial charge >= 0.3 is 0 Å². The van der Waals surface area contributed by atoms with Crippen LogP contribution in [0.15, 0.2) is 36.4 Å². The lowest BCUT2D eigenvalue weighted by atomic mass is 10.1. The summed E-state index contributed by atoms with van der Waals surface area (Å²) < 4.78 is 16.0. The summed E-state index contributed by atoms with van der Waals surface area (Å²) >= 11 is 0. The van der Waals surface area contributed by atoms with Crippen molar-refractivity contribution in [1.82, 2.24) is 4.90 Å². The van der Waals surface area contributed by atoms with E-state index in [4.69, 9.17) is 25.7 Å². The Morgan fingerprint density at radius 1 is 1.09 bits per heavy atom. The van der Waals surface area contributed by atoms with Crippen LogP contribution < -0.4 is 31.0 Å². The van der Waals surface area contributed by atoms with Crippen molar-refractivity contribution in [2.75, 3.05) is 32.7 Å². The van der Waals surface area contributed by atoms with Gasteiger partial charge in [-0.3, -0.25) is 19.3 Å². The summed E-state index contributed by atoms with van der Waals surface area (Å²) in [7, 11) is 2.82. The second-order valence-corrected chi connectivity index (χ2v) is 7.65. The Bertz CT molecular complexity index is 1020. The highest BCUT2D eigenvalue weighted by molar-refractivity contribution is 6.05. The maximum absolute atomic E-state index is 12.9. The molecule has 1 unspecified atom stereocenters. The number of nitrogens with two attached hydrogens (primary N) is 2. The smallest absolute Gasteiger partial charge is 0.255 e. The summed E-state index contributed by atoms with van der Waals surface area (Å²) in [6, 6.07) is 10.1. The van der Waals surface area contributed by atoms with Crippen molar-refractivity contribution in [2.24, 2.45) is 11.5 Å². The standard InChI is InChI=1S/C23H28N4O6/c1-31-18-10-15(11-19(32-2)21(18)33-13-20(24)28)23(30)26-16-6-3-5-14(9-16)12-27-8-4-7-17(27)22(25)29/h3,5-6,9-11,17H,4,7-8,12-13H2,1-2H3,(H2,24,28)(H2,25,29)(H,26,30). The number of carbonyl (C=O) groups excluding carboxylic acids is 3. The molecule has 2 aromatic rings. The van der Waals surface area contributed by atoms with Crippen LogP contribution in [0.2, 0.25) is 0 Å². The summed E-state index contributed by atoms with van der Waals surface area (Å²) in [5.41, 5.74) is 12.5. The van der Waals surface area contributed by atoms with Gasteiger partial charge in [-0.2, -0.15) is 0 Å². The van der Waals surface area contributed by atoms with Gasteiger partial charge < -0.3 is 31.0 Å². The van der Waals surface area contributed by atoms with E-state index in [-0.39, 0.29) is 47.3 Å². The maximum atomic E-state index is 12.9. The zero-order valence-electron chi connectivity index (χ0n) is 18.6. The van der Waals surface area contributed by atoms with Gasteiger partial charge in [-0.1, -0.05) is 12.1 Å². The van der Waals surface area contributed by atoms with Crippen LogP contribution in [0.25, 0.3) is 0 Å². The van der Waals surface area contributed by atoms with Crippen LogP contribution in [-0.4, -0.2) is 56.0 Å². The number of ether oxygens (including phenoxy) is 3. The summed E-state index contributed by atoms with van der Waals surface area (Å²) in [6.45, 7) is 0.998. The van der Waals surface area contributed by atoms with Crippen LogP contribution in [0.5, 0.6) is 17.2 Å². The lowest BCUT2D eigenvalue weighted by Crippen LogP contribution is -2.39. The molecule has 0 bridgehead atoms. The number of likely N-dealkylation sites (tertiary alicyclic amines) is 1. The molecule has 0 saturated carbocycles. The molecule has 3 rings (SSSR count). The highest BCUT2D eigenvalue weighted by Gasteiger charge is 2.28. The fraction of sp³-hybridized carbons (Fsp3) is 0.348. The highest BCUT2D eigenvalue weighted by atomic mass is 16.5. The third-order valence-electron chi connectivity index (χ3n) is 5.34. The van der Waals surface area contributed by atoms with Gasteiger partial charge in [0.1, 0.15) is 0 Å². The number of hydrogen-bond acceptors (Lipinski definition) is 7. The van der Waals surface area contributed by atoms with Crippen LogP contribution in [0.3, 0.4) is 0 Å². The van der Waals surface area contributed by atoms with Crippen molar-refractivity contribution in [3.63, 3.8) is 0 Å². The molecule has 176 valence electrons. The summed E-state index contributed by atoms with van der Waals surface area (Å²) in [6.07, 6.45) is 1.68. The molecule has 2 aromatic carbocycles. The van der Waals surface area contributed by atoms with E-state index >= 15 is 0 Å². The minimum absolute atomic E-state index is 0.173. The van der Waals surface area contributed by atoms with Crippen LogP contribution in [0.4, 0.5) is 5.69 Å². The van der Waals surface area contributed by atoms with Crippen molar-refractivity contribution in [1.29, 1.82) is 0 Å². The van der Waals surface area contributed by atoms with E-state index in [1.807, 2.05) is 23.1 Å². The zero-order chi connectivity index (χ0) is 24.0. The van der Waals surface area contributed by atoms with Crippen LogP contribution >= 0.6 is 0 Å². The SMILES string of the molecule is COc1cc(C(=O)Nc2cccc(CN3CCCC3C(N)=O)c2)cc(OC)c1OCC(N)=O. The second kappa shape index (κ2) is 10.7. The fourth-order valence-electron chi connectivity index (χ4n) is 3.82. The Kier molecular flexibility index (Phi) is 7.73. The Hall–Kier alpha value is -3.79. The molecule has 33 heavy (non-hydrogen) atoms. The molecule has 0 aliphatic carbocycles. The molecule has 1 aliphatic rings. The number of anilines is 1. The van der Waals surface area contributed by atoms with E-state index in [2.05, 4.69) is 5.32 Å². The van der Waals surface area contributed by atoms with E-state index in [1.54, 1.807) is 6.07 Å². The first kappa shape index (κ1) is 23.9. The Balaban J connectivity index is 1.76. The Morgan fingerprint density at radius 3 is 2.39 bits per heavy atom. The minimum Gasteiger partial charge on any atom is -0.493 e. The Morgan fingerprint density at radius 2 is 1.79 bits per heavy atom. The number of nitrogens with one attached hydrogen (secondary N) is 1. The molecule has 1 aliphatic heterocycles. The first-order valence-corrected chi connectivity index (χ1v) is 10.4. The number of benzene rings is 2. The van der Waals surface area contributed by atoms with Crippen molar-refractivity contribution in [3.05, 3.63) is 47.5 Å². The monoisotopic (exact) mass is 456 g/mol. The van der Waals surface area contributed by atoms with E-state index in [0.717, 1.165) is 24.9 Å². The molecule has 0 radical (unpaired) electrons. The van der Waals surface area contributed by atoms with Gasteiger partial charge in [0, 0.05) is 17.8 Å². The van der Waals surface area contributed by atoms with Gasteiger partial charge in [-0.05, 0) is 49.2 Å². The molecular weight excluding hydrogens is 428 g/mol. The predicted molar refractivity (Wildman–Crippen MR) is 121 cm³/mol. The number of amides is 3. The normalized spacial score (nSPS) is 15.6. The molecule has 1 saturated heterocycles. The first-order chi connectivity index (χ1) is 15.8. The van der Waals surface area contributed by atoms with Crippen molar-refractivity contribution in [2.45, 2.75) is 25.4 Å². The zero-order valence-corrected chi connectivity index (χ0v) is 18.6. The topological polar surface area (TPSA) is 146 Å².